The average Bonchev–Trinajstić information content (AvgIpc) is 3.62. The summed E-state index contributed by atoms with van der Waals surface area (Å²) in [6.45, 7) is 10.3. The number of piperidine rings is 1. The number of aryl methyl sites for hydroxylation is 3. The van der Waals surface area contributed by atoms with Crippen LogP contribution < -0.4 is 19.7 Å². The Morgan fingerprint density at radius 1 is 0.940 bits per heavy atom. The van der Waals surface area contributed by atoms with E-state index in [2.05, 4.69) is 25.3 Å². The number of amides is 1. The molecule has 1 fully saturated rings. The minimum atomic E-state index is -0.588. The third-order valence-electron chi connectivity index (χ3n) is 8.68. The fourth-order valence-corrected chi connectivity index (χ4v) is 6.34. The summed E-state index contributed by atoms with van der Waals surface area (Å²) in [6.07, 6.45) is 9.24. The van der Waals surface area contributed by atoms with Gasteiger partial charge in [0.15, 0.2) is 11.6 Å². The zero-order valence-corrected chi connectivity index (χ0v) is 28.9. The largest absolute Gasteiger partial charge is 0.490 e. The van der Waals surface area contributed by atoms with Gasteiger partial charge >= 0.3 is 6.09 Å². The summed E-state index contributed by atoms with van der Waals surface area (Å²) in [7, 11) is 0. The van der Waals surface area contributed by atoms with Crippen LogP contribution in [0.4, 0.5) is 26.6 Å². The first-order valence-corrected chi connectivity index (χ1v) is 17.2. The van der Waals surface area contributed by atoms with Crippen LogP contribution in [0, 0.1) is 26.6 Å². The van der Waals surface area contributed by atoms with E-state index in [9.17, 15) is 4.79 Å². The Kier molecular flexibility index (Phi) is 11.3. The zero-order valence-electron chi connectivity index (χ0n) is 28.9. The van der Waals surface area contributed by atoms with Gasteiger partial charge in [-0.25, -0.2) is 14.2 Å². The van der Waals surface area contributed by atoms with Gasteiger partial charge in [-0.05, 0) is 99.6 Å². The highest BCUT2D eigenvalue weighted by atomic mass is 19.1. The lowest BCUT2D eigenvalue weighted by molar-refractivity contribution is 0.203. The summed E-state index contributed by atoms with van der Waals surface area (Å²) in [5, 5.41) is 7.39. The van der Waals surface area contributed by atoms with Crippen LogP contribution in [0.1, 0.15) is 53.5 Å². The highest BCUT2D eigenvalue weighted by Crippen LogP contribution is 2.28. The highest BCUT2D eigenvalue weighted by molar-refractivity contribution is 5.88. The van der Waals surface area contributed by atoms with Crippen molar-refractivity contribution in [2.24, 2.45) is 0 Å². The summed E-state index contributed by atoms with van der Waals surface area (Å²) < 4.78 is 28.7. The monoisotopic (exact) mass is 677 g/mol. The number of carbonyl (C=O) groups excluding carboxylic acids is 1. The maximum atomic E-state index is 15.0. The van der Waals surface area contributed by atoms with Crippen molar-refractivity contribution in [3.8, 4) is 11.5 Å². The molecule has 0 aliphatic carbocycles. The minimum absolute atomic E-state index is 0.185. The smallest absolute Gasteiger partial charge is 0.421 e. The molecule has 6 rings (SSSR count). The number of anilines is 3. The molecule has 3 heterocycles. The number of ether oxygens (including phenoxy) is 2. The molecule has 3 aromatic carbocycles. The number of nitrogens with zero attached hydrogens (tertiary/aromatic N) is 6. The van der Waals surface area contributed by atoms with Gasteiger partial charge in [0.1, 0.15) is 11.6 Å². The van der Waals surface area contributed by atoms with Crippen LogP contribution in [-0.4, -0.2) is 57.0 Å². The molecule has 50 heavy (non-hydrogen) atoms. The predicted octanol–water partition coefficient (Wildman–Crippen LogP) is 7.99. The molecule has 11 heteroatoms. The number of hydrogen-bond donors (Lipinski definition) is 1. The summed E-state index contributed by atoms with van der Waals surface area (Å²) in [5.74, 6) is 0.753. The topological polar surface area (TPSA) is 97.6 Å². The number of carbonyl (C=O) groups is 1. The Morgan fingerprint density at radius 3 is 2.50 bits per heavy atom. The maximum Gasteiger partial charge on any atom is 0.421 e. The van der Waals surface area contributed by atoms with Crippen molar-refractivity contribution in [3.63, 3.8) is 0 Å². The predicted molar refractivity (Wildman–Crippen MR) is 193 cm³/mol. The second kappa shape index (κ2) is 16.4. The van der Waals surface area contributed by atoms with Crippen molar-refractivity contribution in [3.05, 3.63) is 119 Å². The van der Waals surface area contributed by atoms with E-state index >= 15 is 4.39 Å². The fourth-order valence-electron chi connectivity index (χ4n) is 6.34. The molecule has 0 radical (unpaired) electrons. The van der Waals surface area contributed by atoms with Crippen LogP contribution in [0.5, 0.6) is 11.5 Å². The Morgan fingerprint density at radius 2 is 1.74 bits per heavy atom. The van der Waals surface area contributed by atoms with Crippen molar-refractivity contribution < 1.29 is 18.7 Å². The molecule has 0 spiro atoms. The zero-order chi connectivity index (χ0) is 34.9. The Balaban J connectivity index is 1.18. The number of likely N-dealkylation sites (tertiary alicyclic amines) is 1. The normalized spacial score (nSPS) is 13.2. The molecule has 5 aromatic rings. The first kappa shape index (κ1) is 34.6. The first-order valence-electron chi connectivity index (χ1n) is 17.2. The van der Waals surface area contributed by atoms with E-state index in [1.165, 1.54) is 30.2 Å². The van der Waals surface area contributed by atoms with Gasteiger partial charge < -0.3 is 19.7 Å². The fraction of sp³-hybridized carbons (Fsp3) is 0.333. The van der Waals surface area contributed by atoms with Gasteiger partial charge in [0.05, 0.1) is 19.7 Å². The first-order chi connectivity index (χ1) is 24.3. The maximum absolute atomic E-state index is 15.0. The summed E-state index contributed by atoms with van der Waals surface area (Å²) in [6, 6.07) is 20.1. The third kappa shape index (κ3) is 9.23. The van der Waals surface area contributed by atoms with Gasteiger partial charge in [0.2, 0.25) is 5.95 Å². The van der Waals surface area contributed by atoms with Crippen molar-refractivity contribution in [1.29, 1.82) is 0 Å². The number of nitrogens with one attached hydrogen (secondary N) is 1. The standard InChI is InChI=1S/C39H44FN7O3/c1-28-22-29(2)37(30(3)23-28)50-39(48)47(27-32-11-7-10-31(24-32)26-46-20-8-15-42-46)36-14-16-41-38(44-36)43-33-12-13-35(34(40)25-33)49-21-9-19-45-17-5-4-6-18-45/h7-8,10-16,20,22-25H,4-6,9,17-19,21,26-27H2,1-3H3,(H,41,43,44). The molecule has 10 nitrogen and oxygen atoms in total. The van der Waals surface area contributed by atoms with Crippen molar-refractivity contribution in [2.75, 3.05) is 36.5 Å². The van der Waals surface area contributed by atoms with Gasteiger partial charge in [0, 0.05) is 36.9 Å². The molecule has 1 saturated heterocycles. The lowest BCUT2D eigenvalue weighted by Crippen LogP contribution is -2.34. The van der Waals surface area contributed by atoms with Crippen LogP contribution in [0.15, 0.2) is 85.3 Å². The van der Waals surface area contributed by atoms with Gasteiger partial charge in [-0.1, -0.05) is 48.4 Å². The van der Waals surface area contributed by atoms with E-state index in [-0.39, 0.29) is 18.2 Å². The molecule has 0 unspecified atom stereocenters. The minimum Gasteiger partial charge on any atom is -0.490 e. The highest BCUT2D eigenvalue weighted by Gasteiger charge is 2.23. The van der Waals surface area contributed by atoms with Gasteiger partial charge in [-0.2, -0.15) is 10.1 Å². The van der Waals surface area contributed by atoms with Crippen molar-refractivity contribution in [1.82, 2.24) is 24.6 Å². The quantitative estimate of drug-likeness (QED) is 0.125. The molecular formula is C39H44FN7O3. The number of rotatable bonds is 13. The number of halogens is 1. The van der Waals surface area contributed by atoms with Crippen molar-refractivity contribution >= 4 is 23.5 Å². The second-order valence-corrected chi connectivity index (χ2v) is 12.8. The van der Waals surface area contributed by atoms with Gasteiger partial charge in [-0.3, -0.25) is 9.58 Å². The summed E-state index contributed by atoms with van der Waals surface area (Å²) in [5.41, 5.74) is 5.17. The van der Waals surface area contributed by atoms with Crippen molar-refractivity contribution in [2.45, 2.75) is 59.5 Å². The molecule has 1 aliphatic rings. The molecule has 260 valence electrons. The van der Waals surface area contributed by atoms with E-state index < -0.39 is 11.9 Å². The van der Waals surface area contributed by atoms with Crippen LogP contribution >= 0.6 is 0 Å². The van der Waals surface area contributed by atoms with Gasteiger partial charge in [-0.15, -0.1) is 0 Å². The summed E-state index contributed by atoms with van der Waals surface area (Å²) in [4.78, 5) is 26.9. The molecule has 2 aromatic heterocycles. The molecular weight excluding hydrogens is 633 g/mol. The molecule has 0 atom stereocenters. The molecule has 1 amide bonds. The lowest BCUT2D eigenvalue weighted by atomic mass is 10.1. The molecule has 1 aliphatic heterocycles. The SMILES string of the molecule is Cc1cc(C)c(OC(=O)N(Cc2cccc(Cn3cccn3)c2)c2ccnc(Nc3ccc(OCCCN4CCCCC4)c(F)c3)n2)c(C)c1. The van der Waals surface area contributed by atoms with Crippen LogP contribution in [0.25, 0.3) is 0 Å². The Hall–Kier alpha value is -5.29. The number of benzene rings is 3. The van der Waals surface area contributed by atoms with E-state index in [1.807, 2.05) is 74.1 Å². The lowest BCUT2D eigenvalue weighted by Gasteiger charge is -2.26. The average molecular weight is 678 g/mol. The third-order valence-corrected chi connectivity index (χ3v) is 8.68. The Bertz CT molecular complexity index is 1870. The van der Waals surface area contributed by atoms with E-state index in [4.69, 9.17) is 9.47 Å². The number of aromatic nitrogens is 4. The Labute approximate surface area is 292 Å². The van der Waals surface area contributed by atoms with E-state index in [0.29, 0.717) is 30.4 Å². The molecule has 0 saturated carbocycles. The van der Waals surface area contributed by atoms with E-state index in [0.717, 1.165) is 53.9 Å². The van der Waals surface area contributed by atoms with E-state index in [1.54, 1.807) is 30.6 Å². The van der Waals surface area contributed by atoms with Gasteiger partial charge in [0.25, 0.3) is 0 Å². The molecule has 1 N–H and O–H groups in total. The summed E-state index contributed by atoms with van der Waals surface area (Å²) >= 11 is 0. The van der Waals surface area contributed by atoms with Crippen LogP contribution in [0.2, 0.25) is 0 Å². The second-order valence-electron chi connectivity index (χ2n) is 12.8. The van der Waals surface area contributed by atoms with Crippen LogP contribution in [-0.2, 0) is 13.1 Å². The molecule has 0 bridgehead atoms. The van der Waals surface area contributed by atoms with Crippen LogP contribution in [0.3, 0.4) is 0 Å². The number of hydrogen-bond acceptors (Lipinski definition) is 8.